The highest BCUT2D eigenvalue weighted by Crippen LogP contribution is 2.25. The van der Waals surface area contributed by atoms with E-state index in [1.807, 2.05) is 12.2 Å². The zero-order valence-corrected chi connectivity index (χ0v) is 14.6. The Morgan fingerprint density at radius 3 is 1.92 bits per heavy atom. The maximum Gasteiger partial charge on any atom is 0.0249 e. The summed E-state index contributed by atoms with van der Waals surface area (Å²) >= 11 is 0. The summed E-state index contributed by atoms with van der Waals surface area (Å²) in [5.41, 5.74) is 7.07. The molecule has 0 radical (unpaired) electrons. The zero-order valence-electron chi connectivity index (χ0n) is 14.6. The highest BCUT2D eigenvalue weighted by molar-refractivity contribution is 5.74. The van der Waals surface area contributed by atoms with Gasteiger partial charge in [-0.2, -0.15) is 0 Å². The minimum absolute atomic E-state index is 0.760. The zero-order chi connectivity index (χ0) is 17.4. The van der Waals surface area contributed by atoms with Crippen LogP contribution in [-0.4, -0.2) is 0 Å². The molecule has 2 aromatic rings. The predicted molar refractivity (Wildman–Crippen MR) is 106 cm³/mol. The molecule has 0 fully saturated rings. The summed E-state index contributed by atoms with van der Waals surface area (Å²) in [5, 5.41) is 0. The molecule has 0 atom stereocenters. The van der Waals surface area contributed by atoms with E-state index in [-0.39, 0.29) is 0 Å². The van der Waals surface area contributed by atoms with Gasteiger partial charge >= 0.3 is 0 Å². The van der Waals surface area contributed by atoms with Crippen LogP contribution in [-0.2, 0) is 0 Å². The Labute approximate surface area is 146 Å². The summed E-state index contributed by atoms with van der Waals surface area (Å²) in [5.74, 6) is 6.65. The topological polar surface area (TPSA) is 0 Å². The fraction of sp³-hybridized carbons (Fsp3) is 0.167. The molecular formula is C24H24. The molecule has 0 heteroatoms. The lowest BCUT2D eigenvalue weighted by atomic mass is 9.94. The highest BCUT2D eigenvalue weighted by Gasteiger charge is 2.06. The van der Waals surface area contributed by atoms with Crippen LogP contribution in [0.4, 0.5) is 0 Å². The van der Waals surface area contributed by atoms with Gasteiger partial charge in [-0.15, -0.1) is 13.2 Å². The Morgan fingerprint density at radius 1 is 0.833 bits per heavy atom. The Morgan fingerprint density at radius 2 is 1.38 bits per heavy atom. The number of aryl methyl sites for hydroxylation is 2. The number of allylic oxidation sites excluding steroid dienone is 4. The molecule has 0 aromatic heterocycles. The second-order valence-electron chi connectivity index (χ2n) is 5.92. The first kappa shape index (κ1) is 17.6. The van der Waals surface area contributed by atoms with Crippen molar-refractivity contribution in [3.63, 3.8) is 0 Å². The summed E-state index contributed by atoms with van der Waals surface area (Å²) in [4.78, 5) is 0. The maximum absolute atomic E-state index is 3.91. The number of hydrogen-bond acceptors (Lipinski definition) is 0. The first-order valence-electron chi connectivity index (χ1n) is 8.23. The molecule has 0 saturated heterocycles. The molecule has 2 rings (SSSR count). The van der Waals surface area contributed by atoms with Crippen molar-refractivity contribution in [2.75, 3.05) is 0 Å². The van der Waals surface area contributed by atoms with Crippen molar-refractivity contribution < 1.29 is 0 Å². The molecule has 120 valence electrons. The molecule has 0 unspecified atom stereocenters. The second kappa shape index (κ2) is 8.75. The van der Waals surface area contributed by atoms with Gasteiger partial charge < -0.3 is 0 Å². The van der Waals surface area contributed by atoms with Gasteiger partial charge in [-0.3, -0.25) is 0 Å². The largest absolute Gasteiger partial charge is 0.103 e. The maximum atomic E-state index is 3.91. The van der Waals surface area contributed by atoms with Crippen LogP contribution in [0.25, 0.3) is 5.57 Å². The monoisotopic (exact) mass is 312 g/mol. The van der Waals surface area contributed by atoms with Gasteiger partial charge in [-0.25, -0.2) is 0 Å². The van der Waals surface area contributed by atoms with Crippen LogP contribution >= 0.6 is 0 Å². The standard InChI is InChI=1S/C24H24/c1-5-7-22(18-15-21-13-9-19(3)10-14-21)24(8-6-2)23-16-11-20(4)12-17-23/h5-6,9-14,16-17H,1-2,7-8H2,3-4H3. The van der Waals surface area contributed by atoms with Crippen LogP contribution in [0.5, 0.6) is 0 Å². The Balaban J connectivity index is 2.48. The third-order valence-electron chi connectivity index (χ3n) is 3.87. The van der Waals surface area contributed by atoms with E-state index in [9.17, 15) is 0 Å². The van der Waals surface area contributed by atoms with E-state index in [2.05, 4.69) is 87.4 Å². The van der Waals surface area contributed by atoms with E-state index in [0.29, 0.717) is 0 Å². The van der Waals surface area contributed by atoms with Crippen LogP contribution in [0.2, 0.25) is 0 Å². The van der Waals surface area contributed by atoms with Gasteiger partial charge in [0.05, 0.1) is 0 Å². The third-order valence-corrected chi connectivity index (χ3v) is 3.87. The van der Waals surface area contributed by atoms with Crippen LogP contribution in [0, 0.1) is 25.7 Å². The van der Waals surface area contributed by atoms with Gasteiger partial charge in [0.15, 0.2) is 0 Å². The number of benzene rings is 2. The number of rotatable bonds is 5. The van der Waals surface area contributed by atoms with Gasteiger partial charge in [-0.1, -0.05) is 71.5 Å². The molecule has 0 N–H and O–H groups in total. The lowest BCUT2D eigenvalue weighted by Gasteiger charge is -2.10. The van der Waals surface area contributed by atoms with Crippen LogP contribution < -0.4 is 0 Å². The fourth-order valence-electron chi connectivity index (χ4n) is 2.49. The average molecular weight is 312 g/mol. The SMILES string of the molecule is C=CCC(C#Cc1ccc(C)cc1)=C(CC=C)c1ccc(C)cc1. The van der Waals surface area contributed by atoms with E-state index in [4.69, 9.17) is 0 Å². The molecule has 0 heterocycles. The molecule has 0 spiro atoms. The van der Waals surface area contributed by atoms with Gasteiger partial charge in [-0.05, 0) is 50.0 Å². The van der Waals surface area contributed by atoms with E-state index < -0.39 is 0 Å². The van der Waals surface area contributed by atoms with Crippen molar-refractivity contribution >= 4 is 5.57 Å². The highest BCUT2D eigenvalue weighted by atomic mass is 14.1. The van der Waals surface area contributed by atoms with Crippen molar-refractivity contribution in [2.45, 2.75) is 26.7 Å². The third kappa shape index (κ3) is 4.86. The van der Waals surface area contributed by atoms with Crippen molar-refractivity contribution in [3.05, 3.63) is 102 Å². The molecule has 24 heavy (non-hydrogen) atoms. The summed E-state index contributed by atoms with van der Waals surface area (Å²) < 4.78 is 0. The van der Waals surface area contributed by atoms with Gasteiger partial charge in [0.25, 0.3) is 0 Å². The number of hydrogen-bond donors (Lipinski definition) is 0. The van der Waals surface area contributed by atoms with E-state index in [0.717, 1.165) is 24.0 Å². The fourth-order valence-corrected chi connectivity index (χ4v) is 2.49. The molecule has 0 aliphatic rings. The van der Waals surface area contributed by atoms with Gasteiger partial charge in [0.1, 0.15) is 0 Å². The molecule has 0 aliphatic carbocycles. The summed E-state index contributed by atoms with van der Waals surface area (Å²) in [6.45, 7) is 12.0. The van der Waals surface area contributed by atoms with Crippen LogP contribution in [0.3, 0.4) is 0 Å². The molecule has 2 aromatic carbocycles. The quantitative estimate of drug-likeness (QED) is 0.451. The molecule has 0 saturated carbocycles. The van der Waals surface area contributed by atoms with Crippen LogP contribution in [0.15, 0.2) is 79.4 Å². The summed E-state index contributed by atoms with van der Waals surface area (Å²) in [7, 11) is 0. The van der Waals surface area contributed by atoms with Crippen molar-refractivity contribution in [2.24, 2.45) is 0 Å². The molecular weight excluding hydrogens is 288 g/mol. The molecule has 0 aliphatic heterocycles. The van der Waals surface area contributed by atoms with E-state index >= 15 is 0 Å². The molecule has 0 amide bonds. The molecule has 0 nitrogen and oxygen atoms in total. The lowest BCUT2D eigenvalue weighted by Crippen LogP contribution is -1.91. The lowest BCUT2D eigenvalue weighted by molar-refractivity contribution is 1.26. The van der Waals surface area contributed by atoms with Crippen molar-refractivity contribution in [1.82, 2.24) is 0 Å². The predicted octanol–water partition coefficient (Wildman–Crippen LogP) is 6.26. The van der Waals surface area contributed by atoms with Crippen LogP contribution in [0.1, 0.15) is 35.1 Å². The second-order valence-corrected chi connectivity index (χ2v) is 5.92. The summed E-state index contributed by atoms with van der Waals surface area (Å²) in [6.07, 6.45) is 5.41. The normalized spacial score (nSPS) is 11.1. The average Bonchev–Trinajstić information content (AvgIpc) is 2.59. The van der Waals surface area contributed by atoms with E-state index in [1.54, 1.807) is 0 Å². The van der Waals surface area contributed by atoms with Crippen molar-refractivity contribution in [1.29, 1.82) is 0 Å². The Hall–Kier alpha value is -2.78. The van der Waals surface area contributed by atoms with Gasteiger partial charge in [0, 0.05) is 11.1 Å². The minimum atomic E-state index is 0.760. The Kier molecular flexibility index (Phi) is 6.41. The Bertz CT molecular complexity index is 788. The first-order valence-corrected chi connectivity index (χ1v) is 8.23. The smallest absolute Gasteiger partial charge is 0.0249 e. The van der Waals surface area contributed by atoms with Gasteiger partial charge in [0.2, 0.25) is 0 Å². The minimum Gasteiger partial charge on any atom is -0.103 e. The van der Waals surface area contributed by atoms with E-state index in [1.165, 1.54) is 22.3 Å². The van der Waals surface area contributed by atoms with Crippen molar-refractivity contribution in [3.8, 4) is 11.8 Å². The molecule has 0 bridgehead atoms. The summed E-state index contributed by atoms with van der Waals surface area (Å²) in [6, 6.07) is 16.9. The first-order chi connectivity index (χ1) is 11.6.